The van der Waals surface area contributed by atoms with Crippen LogP contribution in [0.15, 0.2) is 24.3 Å². The molecule has 2 saturated heterocycles. The molecular weight excluding hydrogens is 266 g/mol. The van der Waals surface area contributed by atoms with Crippen LogP contribution < -0.4 is 11.1 Å². The third kappa shape index (κ3) is 2.53. The number of amides is 2. The minimum atomic E-state index is -0.653. The summed E-state index contributed by atoms with van der Waals surface area (Å²) in [5, 5.41) is 2.86. The zero-order valence-electron chi connectivity index (χ0n) is 12.2. The maximum atomic E-state index is 12.7. The largest absolute Gasteiger partial charge is 0.354 e. The summed E-state index contributed by atoms with van der Waals surface area (Å²) in [6.45, 7) is 3.24. The molecule has 3 unspecified atom stereocenters. The Morgan fingerprint density at radius 1 is 1.38 bits per heavy atom. The number of likely N-dealkylation sites (tertiary alicyclic amines) is 1. The van der Waals surface area contributed by atoms with Crippen LogP contribution in [0.2, 0.25) is 0 Å². The van der Waals surface area contributed by atoms with Gasteiger partial charge < -0.3 is 16.0 Å². The highest BCUT2D eigenvalue weighted by Crippen LogP contribution is 2.29. The summed E-state index contributed by atoms with van der Waals surface area (Å²) < 4.78 is 0. The van der Waals surface area contributed by atoms with Gasteiger partial charge in [-0.3, -0.25) is 9.59 Å². The van der Waals surface area contributed by atoms with E-state index < -0.39 is 6.04 Å². The van der Waals surface area contributed by atoms with E-state index in [0.717, 1.165) is 24.0 Å². The molecule has 2 amide bonds. The van der Waals surface area contributed by atoms with E-state index in [1.807, 2.05) is 31.2 Å². The van der Waals surface area contributed by atoms with Crippen LogP contribution in [0.1, 0.15) is 30.0 Å². The van der Waals surface area contributed by atoms with Crippen molar-refractivity contribution in [3.8, 4) is 0 Å². The van der Waals surface area contributed by atoms with Gasteiger partial charge in [0.05, 0.1) is 12.0 Å². The van der Waals surface area contributed by atoms with Gasteiger partial charge in [-0.1, -0.05) is 29.8 Å². The molecule has 21 heavy (non-hydrogen) atoms. The van der Waals surface area contributed by atoms with E-state index in [1.165, 1.54) is 0 Å². The van der Waals surface area contributed by atoms with Crippen LogP contribution in [-0.4, -0.2) is 35.8 Å². The molecule has 3 N–H and O–H groups in total. The molecule has 2 aliphatic heterocycles. The number of fused-ring (bicyclic) bond motifs is 1. The fourth-order valence-electron chi connectivity index (χ4n) is 3.32. The van der Waals surface area contributed by atoms with Crippen LogP contribution in [0.3, 0.4) is 0 Å². The lowest BCUT2D eigenvalue weighted by atomic mass is 9.90. The van der Waals surface area contributed by atoms with Crippen LogP contribution in [0.4, 0.5) is 0 Å². The zero-order chi connectivity index (χ0) is 15.0. The Labute approximate surface area is 124 Å². The SMILES string of the molecule is Cc1ccc(C(N)C(=O)N2CCCC3C(=O)NCC32)cc1. The third-order valence-electron chi connectivity index (χ3n) is 4.59. The van der Waals surface area contributed by atoms with E-state index in [-0.39, 0.29) is 23.8 Å². The monoisotopic (exact) mass is 287 g/mol. The lowest BCUT2D eigenvalue weighted by Crippen LogP contribution is -2.51. The number of benzene rings is 1. The van der Waals surface area contributed by atoms with E-state index in [2.05, 4.69) is 5.32 Å². The van der Waals surface area contributed by atoms with Gasteiger partial charge in [0.1, 0.15) is 6.04 Å². The molecule has 0 saturated carbocycles. The van der Waals surface area contributed by atoms with Crippen molar-refractivity contribution in [2.75, 3.05) is 13.1 Å². The van der Waals surface area contributed by atoms with Gasteiger partial charge in [0.25, 0.3) is 0 Å². The summed E-state index contributed by atoms with van der Waals surface area (Å²) in [7, 11) is 0. The van der Waals surface area contributed by atoms with Crippen LogP contribution in [0.25, 0.3) is 0 Å². The molecule has 1 aromatic rings. The first kappa shape index (κ1) is 14.1. The minimum Gasteiger partial charge on any atom is -0.354 e. The first-order chi connectivity index (χ1) is 10.1. The molecule has 0 spiro atoms. The van der Waals surface area contributed by atoms with E-state index in [9.17, 15) is 9.59 Å². The molecule has 2 aliphatic rings. The third-order valence-corrected chi connectivity index (χ3v) is 4.59. The number of nitrogens with one attached hydrogen (secondary N) is 1. The number of carbonyl (C=O) groups excluding carboxylic acids is 2. The average Bonchev–Trinajstić information content (AvgIpc) is 2.88. The molecule has 0 bridgehead atoms. The number of carbonyl (C=O) groups is 2. The molecule has 5 nitrogen and oxygen atoms in total. The second-order valence-electron chi connectivity index (χ2n) is 5.98. The minimum absolute atomic E-state index is 0.0322. The van der Waals surface area contributed by atoms with Crippen LogP contribution >= 0.6 is 0 Å². The lowest BCUT2D eigenvalue weighted by molar-refractivity contribution is -0.138. The maximum Gasteiger partial charge on any atom is 0.244 e. The summed E-state index contributed by atoms with van der Waals surface area (Å²) in [5.74, 6) is -0.0700. The molecule has 3 atom stereocenters. The molecule has 1 aromatic carbocycles. The van der Waals surface area contributed by atoms with Gasteiger partial charge in [0.15, 0.2) is 0 Å². The van der Waals surface area contributed by atoms with Crippen LogP contribution in [0.5, 0.6) is 0 Å². The van der Waals surface area contributed by atoms with Gasteiger partial charge >= 0.3 is 0 Å². The summed E-state index contributed by atoms with van der Waals surface area (Å²) in [4.78, 5) is 26.3. The van der Waals surface area contributed by atoms with Crippen molar-refractivity contribution in [2.45, 2.75) is 31.8 Å². The molecule has 5 heteroatoms. The van der Waals surface area contributed by atoms with Gasteiger partial charge in [-0.15, -0.1) is 0 Å². The van der Waals surface area contributed by atoms with E-state index in [1.54, 1.807) is 4.90 Å². The molecule has 112 valence electrons. The molecular formula is C16H21N3O2. The highest BCUT2D eigenvalue weighted by atomic mass is 16.2. The van der Waals surface area contributed by atoms with Gasteiger partial charge in [0.2, 0.25) is 11.8 Å². The van der Waals surface area contributed by atoms with Crippen LogP contribution in [-0.2, 0) is 9.59 Å². The number of rotatable bonds is 2. The molecule has 2 heterocycles. The van der Waals surface area contributed by atoms with Crippen molar-refractivity contribution in [2.24, 2.45) is 11.7 Å². The normalized spacial score (nSPS) is 26.2. The van der Waals surface area contributed by atoms with Gasteiger partial charge in [-0.05, 0) is 25.3 Å². The Hall–Kier alpha value is -1.88. The van der Waals surface area contributed by atoms with Crippen molar-refractivity contribution in [1.82, 2.24) is 10.2 Å². The van der Waals surface area contributed by atoms with Crippen molar-refractivity contribution in [1.29, 1.82) is 0 Å². The molecule has 0 radical (unpaired) electrons. The summed E-state index contributed by atoms with van der Waals surface area (Å²) >= 11 is 0. The van der Waals surface area contributed by atoms with Crippen molar-refractivity contribution in [3.63, 3.8) is 0 Å². The number of aryl methyl sites for hydroxylation is 1. The predicted molar refractivity (Wildman–Crippen MR) is 79.3 cm³/mol. The van der Waals surface area contributed by atoms with E-state index >= 15 is 0 Å². The number of hydrogen-bond acceptors (Lipinski definition) is 3. The Morgan fingerprint density at radius 2 is 2.10 bits per heavy atom. The fraction of sp³-hybridized carbons (Fsp3) is 0.500. The van der Waals surface area contributed by atoms with Crippen molar-refractivity contribution in [3.05, 3.63) is 35.4 Å². The van der Waals surface area contributed by atoms with Crippen LogP contribution in [0, 0.1) is 12.8 Å². The summed E-state index contributed by atoms with van der Waals surface area (Å²) in [6.07, 6.45) is 1.72. The topological polar surface area (TPSA) is 75.4 Å². The zero-order valence-corrected chi connectivity index (χ0v) is 12.2. The van der Waals surface area contributed by atoms with E-state index in [4.69, 9.17) is 5.73 Å². The molecule has 2 fully saturated rings. The first-order valence-corrected chi connectivity index (χ1v) is 7.48. The summed E-state index contributed by atoms with van der Waals surface area (Å²) in [5.41, 5.74) is 8.11. The second-order valence-corrected chi connectivity index (χ2v) is 5.98. The Bertz CT molecular complexity index is 555. The van der Waals surface area contributed by atoms with Crippen molar-refractivity contribution >= 4 is 11.8 Å². The van der Waals surface area contributed by atoms with Gasteiger partial charge in [0, 0.05) is 13.1 Å². The molecule has 3 rings (SSSR count). The number of nitrogens with zero attached hydrogens (tertiary/aromatic N) is 1. The Kier molecular flexibility index (Phi) is 3.68. The maximum absolute atomic E-state index is 12.7. The number of hydrogen-bond donors (Lipinski definition) is 2. The Morgan fingerprint density at radius 3 is 2.81 bits per heavy atom. The highest BCUT2D eigenvalue weighted by Gasteiger charge is 2.43. The standard InChI is InChI=1S/C16H21N3O2/c1-10-4-6-11(7-5-10)14(17)16(21)19-8-2-3-12-13(19)9-18-15(12)20/h4-7,12-14H,2-3,8-9,17H2,1H3,(H,18,20). The Balaban J connectivity index is 1.77. The second kappa shape index (κ2) is 5.48. The number of nitrogens with two attached hydrogens (primary N) is 1. The number of piperidine rings is 1. The smallest absolute Gasteiger partial charge is 0.244 e. The van der Waals surface area contributed by atoms with E-state index in [0.29, 0.717) is 13.1 Å². The molecule has 0 aliphatic carbocycles. The molecule has 0 aromatic heterocycles. The first-order valence-electron chi connectivity index (χ1n) is 7.48. The summed E-state index contributed by atoms with van der Waals surface area (Å²) in [6, 6.07) is 7.04. The fourth-order valence-corrected chi connectivity index (χ4v) is 3.32. The average molecular weight is 287 g/mol. The quantitative estimate of drug-likeness (QED) is 0.842. The van der Waals surface area contributed by atoms with Gasteiger partial charge in [-0.2, -0.15) is 0 Å². The van der Waals surface area contributed by atoms with Crippen molar-refractivity contribution < 1.29 is 9.59 Å². The predicted octanol–water partition coefficient (Wildman–Crippen LogP) is 0.732. The lowest BCUT2D eigenvalue weighted by Gasteiger charge is -2.37. The van der Waals surface area contributed by atoms with Gasteiger partial charge in [-0.25, -0.2) is 0 Å². The highest BCUT2D eigenvalue weighted by molar-refractivity contribution is 5.87.